The molecule has 87 heavy (non-hydrogen) atoms. The Bertz CT molecular complexity index is 3160. The molecular formula is C66H87Cl2N9O9S. The van der Waals surface area contributed by atoms with Crippen LogP contribution >= 0.6 is 34.5 Å². The number of hydrogen-bond acceptors (Lipinski definition) is 14. The molecule has 18 nitrogen and oxygen atoms in total. The highest BCUT2D eigenvalue weighted by molar-refractivity contribution is 7.13. The fourth-order valence-electron chi connectivity index (χ4n) is 11.4. The summed E-state index contributed by atoms with van der Waals surface area (Å²) >= 11 is 14.5. The molecule has 4 N–H and O–H groups in total. The zero-order valence-electron chi connectivity index (χ0n) is 52.1. The summed E-state index contributed by atoms with van der Waals surface area (Å²) in [6, 6.07) is 28.4. The number of hydrogen-bond donors (Lipinski definition) is 4. The third-order valence-corrected chi connectivity index (χ3v) is 18.3. The highest BCUT2D eigenvalue weighted by Crippen LogP contribution is 2.54. The number of aryl methyl sites for hydroxylation is 1. The second kappa shape index (κ2) is 29.5. The highest BCUT2D eigenvalue weighted by atomic mass is 35.5. The van der Waals surface area contributed by atoms with Gasteiger partial charge in [-0.1, -0.05) is 119 Å². The standard InChI is InChI=1S/C66H87Cl2N9O9S/c1-11-86-55-36-49(63(3,4)5)20-25-53(55)60-73-65(9,47-16-21-50(67)22-17-47)66(10,48-18-23-51(68)24-19-48)77(60)62(82)75-29-27-74(28-30-75)41-57(79)69-26-31-83-32-33-84-34-35-85-42-58(80)72-56(64(6,7)8)40-76-39-52(78)37-54(76)61(81)70-38-45-12-14-46(15-13-45)59-44(2)71-43-87-59/h12-25,36,43,52,54,56,78H,11,26-35,37-42H2,1-10H3,(H,69,79)(H,70,81)(H,72,80)/t52-,54+,56-,65-,66+/m1/s1. The minimum Gasteiger partial charge on any atom is -0.493 e. The summed E-state index contributed by atoms with van der Waals surface area (Å²) in [5.74, 6) is 0.526. The van der Waals surface area contributed by atoms with Crippen LogP contribution in [0.2, 0.25) is 10.0 Å². The summed E-state index contributed by atoms with van der Waals surface area (Å²) in [7, 11) is 0. The first-order valence-corrected chi connectivity index (χ1v) is 31.7. The maximum Gasteiger partial charge on any atom is 0.326 e. The fourth-order valence-corrected chi connectivity index (χ4v) is 12.5. The van der Waals surface area contributed by atoms with E-state index in [4.69, 9.17) is 47.1 Å². The zero-order valence-corrected chi connectivity index (χ0v) is 54.4. The average Bonchev–Trinajstić information content (AvgIpc) is 1.57. The number of aliphatic imine (C=N–C) groups is 1. The second-order valence-electron chi connectivity index (χ2n) is 25.0. The third kappa shape index (κ3) is 16.6. The number of benzene rings is 4. The number of urea groups is 1. The molecule has 5 aromatic rings. The lowest BCUT2D eigenvalue weighted by molar-refractivity contribution is -0.128. The van der Waals surface area contributed by atoms with Crippen LogP contribution in [0.3, 0.4) is 0 Å². The van der Waals surface area contributed by atoms with Crippen LogP contribution < -0.4 is 20.7 Å². The van der Waals surface area contributed by atoms with Gasteiger partial charge in [-0.2, -0.15) is 0 Å². The van der Waals surface area contributed by atoms with Crippen LogP contribution in [0.4, 0.5) is 4.79 Å². The van der Waals surface area contributed by atoms with Crippen molar-refractivity contribution in [3.63, 3.8) is 0 Å². The van der Waals surface area contributed by atoms with Gasteiger partial charge in [0.25, 0.3) is 0 Å². The number of aromatic nitrogens is 1. The molecule has 3 aliphatic heterocycles. The summed E-state index contributed by atoms with van der Waals surface area (Å²) in [5, 5.41) is 20.9. The number of aliphatic hydroxyl groups excluding tert-OH is 1. The Kier molecular flexibility index (Phi) is 22.7. The van der Waals surface area contributed by atoms with Crippen LogP contribution in [0.5, 0.6) is 5.75 Å². The molecule has 1 aromatic heterocycles. The van der Waals surface area contributed by atoms with Crippen molar-refractivity contribution in [1.82, 2.24) is 40.5 Å². The number of amidine groups is 1. The molecule has 0 aliphatic carbocycles. The number of ether oxygens (including phenoxy) is 4. The van der Waals surface area contributed by atoms with Gasteiger partial charge in [-0.25, -0.2) is 9.78 Å². The van der Waals surface area contributed by atoms with Crippen molar-refractivity contribution in [1.29, 1.82) is 0 Å². The van der Waals surface area contributed by atoms with Gasteiger partial charge in [0.15, 0.2) is 0 Å². The van der Waals surface area contributed by atoms with Crippen LogP contribution in [0.15, 0.2) is 101 Å². The fraction of sp³-hybridized carbons (Fsp3) is 0.515. The number of carbonyl (C=O) groups excluding carboxylic acids is 4. The van der Waals surface area contributed by atoms with Gasteiger partial charge in [0.2, 0.25) is 17.7 Å². The van der Waals surface area contributed by atoms with Crippen molar-refractivity contribution in [2.75, 3.05) is 98.6 Å². The van der Waals surface area contributed by atoms with E-state index in [1.165, 1.54) is 0 Å². The predicted octanol–water partition coefficient (Wildman–Crippen LogP) is 9.20. The van der Waals surface area contributed by atoms with Crippen LogP contribution in [-0.4, -0.2) is 176 Å². The number of amides is 5. The van der Waals surface area contributed by atoms with Gasteiger partial charge >= 0.3 is 6.03 Å². The minimum atomic E-state index is -1.07. The molecule has 5 atom stereocenters. The lowest BCUT2D eigenvalue weighted by Gasteiger charge is -2.47. The molecule has 0 unspecified atom stereocenters. The number of β-amino-alcohol motifs (C(OH)–C–C–N with tert-alkyl or cyclic N) is 1. The maximum absolute atomic E-state index is 15.5. The Labute approximate surface area is 527 Å². The smallest absolute Gasteiger partial charge is 0.326 e. The maximum atomic E-state index is 15.5. The van der Waals surface area contributed by atoms with Gasteiger partial charge < -0.3 is 44.9 Å². The Hall–Kier alpha value is -6.00. The average molecular weight is 1250 g/mol. The summed E-state index contributed by atoms with van der Waals surface area (Å²) in [6.07, 6.45) is -0.350. The molecule has 0 bridgehead atoms. The van der Waals surface area contributed by atoms with E-state index in [1.54, 1.807) is 11.3 Å². The van der Waals surface area contributed by atoms with Crippen LogP contribution in [0.25, 0.3) is 10.4 Å². The van der Waals surface area contributed by atoms with E-state index in [-0.39, 0.29) is 67.0 Å². The van der Waals surface area contributed by atoms with Gasteiger partial charge in [0, 0.05) is 68.4 Å². The number of halogens is 2. The molecule has 4 heterocycles. The molecule has 0 saturated carbocycles. The summed E-state index contributed by atoms with van der Waals surface area (Å²) in [5.41, 5.74) is 5.79. The zero-order chi connectivity index (χ0) is 62.7. The monoisotopic (exact) mass is 1250 g/mol. The molecule has 470 valence electrons. The summed E-state index contributed by atoms with van der Waals surface area (Å²) in [4.78, 5) is 74.0. The Morgan fingerprint density at radius 1 is 0.793 bits per heavy atom. The number of aliphatic hydroxyl groups is 1. The summed E-state index contributed by atoms with van der Waals surface area (Å²) in [6.45, 7) is 25.5. The Balaban J connectivity index is 0.749. The SMILES string of the molecule is CCOc1cc(C(C)(C)C)ccc1C1=N[C@](C)(c2ccc(Cl)cc2)[C@](C)(c2ccc(Cl)cc2)N1C(=O)N1CCN(CC(=O)NCCOCCOCCOCC(=O)N[C@H](CN2C[C@H](O)C[C@H]2C(=O)NCc2ccc(-c3scnc3C)cc2)C(C)(C)C)CC1. The number of thiazole rings is 1. The number of likely N-dealkylation sites (tertiary alicyclic amines) is 1. The predicted molar refractivity (Wildman–Crippen MR) is 343 cm³/mol. The molecule has 0 radical (unpaired) electrons. The quantitative estimate of drug-likeness (QED) is 0.0405. The van der Waals surface area contributed by atoms with Crippen LogP contribution in [-0.2, 0) is 51.6 Å². The topological polar surface area (TPSA) is 200 Å². The van der Waals surface area contributed by atoms with Gasteiger partial charge in [-0.05, 0) is 109 Å². The Morgan fingerprint density at radius 2 is 1.43 bits per heavy atom. The van der Waals surface area contributed by atoms with Crippen LogP contribution in [0, 0.1) is 12.3 Å². The number of carbonyl (C=O) groups is 4. The van der Waals surface area contributed by atoms with E-state index >= 15 is 4.79 Å². The minimum absolute atomic E-state index is 0.145. The molecule has 0 spiro atoms. The number of nitrogens with zero attached hydrogens (tertiary/aromatic N) is 6. The van der Waals surface area contributed by atoms with Gasteiger partial charge in [-0.3, -0.25) is 34.1 Å². The lowest BCUT2D eigenvalue weighted by atomic mass is 9.71. The lowest BCUT2D eigenvalue weighted by Crippen LogP contribution is -2.61. The molecule has 3 aliphatic rings. The second-order valence-corrected chi connectivity index (χ2v) is 26.8. The number of piperazine rings is 1. The first kappa shape index (κ1) is 66.9. The first-order chi connectivity index (χ1) is 41.4. The highest BCUT2D eigenvalue weighted by Gasteiger charge is 2.60. The van der Waals surface area contributed by atoms with Crippen molar-refractivity contribution < 1.29 is 43.2 Å². The van der Waals surface area contributed by atoms with E-state index < -0.39 is 23.2 Å². The van der Waals surface area contributed by atoms with E-state index in [2.05, 4.69) is 67.7 Å². The molecule has 4 aromatic carbocycles. The van der Waals surface area contributed by atoms with Crippen molar-refractivity contribution in [2.24, 2.45) is 10.4 Å². The van der Waals surface area contributed by atoms with Crippen LogP contribution in [0.1, 0.15) is 102 Å². The molecule has 2 saturated heterocycles. The third-order valence-electron chi connectivity index (χ3n) is 16.8. The number of rotatable bonds is 25. The summed E-state index contributed by atoms with van der Waals surface area (Å²) < 4.78 is 23.4. The Morgan fingerprint density at radius 3 is 2.03 bits per heavy atom. The van der Waals surface area contributed by atoms with E-state index in [0.717, 1.165) is 38.4 Å². The molecule has 21 heteroatoms. The first-order valence-electron chi connectivity index (χ1n) is 30.1. The molecule has 8 rings (SSSR count). The molecule has 5 amide bonds. The van der Waals surface area contributed by atoms with Crippen molar-refractivity contribution in [3.8, 4) is 16.2 Å². The van der Waals surface area contributed by atoms with Gasteiger partial charge in [0.05, 0.1) is 80.0 Å². The van der Waals surface area contributed by atoms with Crippen molar-refractivity contribution in [2.45, 2.75) is 117 Å². The largest absolute Gasteiger partial charge is 0.493 e. The van der Waals surface area contributed by atoms with E-state index in [9.17, 15) is 19.5 Å². The van der Waals surface area contributed by atoms with Crippen molar-refractivity contribution >= 4 is 64.1 Å². The van der Waals surface area contributed by atoms with Gasteiger partial charge in [0.1, 0.15) is 29.3 Å². The van der Waals surface area contributed by atoms with E-state index in [0.29, 0.717) is 112 Å². The molecule has 2 fully saturated rings. The number of nitrogens with one attached hydrogen (secondary N) is 3. The molecular weight excluding hydrogens is 1170 g/mol. The van der Waals surface area contributed by atoms with Crippen molar-refractivity contribution in [3.05, 3.63) is 140 Å². The van der Waals surface area contributed by atoms with E-state index in [1.807, 2.05) is 139 Å². The normalized spacial score (nSPS) is 20.5. The van der Waals surface area contributed by atoms with Gasteiger partial charge in [-0.15, -0.1) is 11.3 Å².